The molecule has 2 rings (SSSR count). The van der Waals surface area contributed by atoms with E-state index in [0.717, 1.165) is 12.8 Å². The Bertz CT molecular complexity index is 434. The van der Waals surface area contributed by atoms with Gasteiger partial charge >= 0.3 is 11.9 Å². The van der Waals surface area contributed by atoms with E-state index < -0.39 is 10.8 Å². The summed E-state index contributed by atoms with van der Waals surface area (Å²) in [7, 11) is 0. The molecule has 1 aliphatic carbocycles. The number of esters is 2. The molecule has 0 aliphatic heterocycles. The van der Waals surface area contributed by atoms with Crippen molar-refractivity contribution in [3.63, 3.8) is 0 Å². The normalized spacial score (nSPS) is 14.4. The van der Waals surface area contributed by atoms with Crippen LogP contribution < -0.4 is 9.47 Å². The lowest BCUT2D eigenvalue weighted by atomic mass is 10.3. The van der Waals surface area contributed by atoms with Crippen LogP contribution in [0, 0.1) is 5.92 Å². The molecule has 0 spiro atoms. The third-order valence-corrected chi connectivity index (χ3v) is 2.72. The lowest BCUT2D eigenvalue weighted by Gasteiger charge is -2.10. The van der Waals surface area contributed by atoms with E-state index in [1.54, 1.807) is 18.2 Å². The Balaban J connectivity index is 2.09. The number of ether oxygens (including phenoxy) is 2. The van der Waals surface area contributed by atoms with E-state index in [0.29, 0.717) is 0 Å². The summed E-state index contributed by atoms with van der Waals surface area (Å²) in [5.74, 6) is -0.845. The minimum atomic E-state index is -1.28. The summed E-state index contributed by atoms with van der Waals surface area (Å²) in [6.45, 7) is 0. The van der Waals surface area contributed by atoms with Gasteiger partial charge in [0.15, 0.2) is 11.5 Å². The predicted octanol–water partition coefficient (Wildman–Crippen LogP) is 2.71. The van der Waals surface area contributed by atoms with Crippen molar-refractivity contribution in [3.05, 3.63) is 24.3 Å². The Labute approximate surface area is 114 Å². The van der Waals surface area contributed by atoms with Crippen molar-refractivity contribution in [2.24, 2.45) is 5.92 Å². The van der Waals surface area contributed by atoms with E-state index in [-0.39, 0.29) is 23.4 Å². The third-order valence-electron chi connectivity index (χ3n) is 2.36. The van der Waals surface area contributed by atoms with Crippen LogP contribution in [-0.4, -0.2) is 16.8 Å². The summed E-state index contributed by atoms with van der Waals surface area (Å²) in [6, 6.07) is 6.37. The van der Waals surface area contributed by atoms with Crippen LogP contribution in [0.25, 0.3) is 0 Å². The number of rotatable bonds is 4. The minimum Gasteiger partial charge on any atom is -0.422 e. The molecule has 18 heavy (non-hydrogen) atoms. The Hall–Kier alpha value is -1.26. The Kier molecular flexibility index (Phi) is 4.09. The molecule has 0 unspecified atom stereocenters. The fourth-order valence-corrected chi connectivity index (χ4v) is 1.37. The molecule has 0 N–H and O–H groups in total. The molecule has 0 bridgehead atoms. The SMILES string of the molecule is O=C(Oc1ccccc1OC(=O)C1CC1)C(Cl)Cl. The highest BCUT2D eigenvalue weighted by atomic mass is 35.5. The number of carbonyl (C=O) groups is 2. The number of alkyl halides is 2. The average Bonchev–Trinajstić information content (AvgIpc) is 3.15. The first-order valence-electron chi connectivity index (χ1n) is 5.38. The Morgan fingerprint density at radius 1 is 1.11 bits per heavy atom. The zero-order valence-corrected chi connectivity index (χ0v) is 10.8. The van der Waals surface area contributed by atoms with Crippen LogP contribution in [0.15, 0.2) is 24.3 Å². The molecule has 0 atom stereocenters. The zero-order valence-electron chi connectivity index (χ0n) is 9.27. The van der Waals surface area contributed by atoms with Crippen LogP contribution in [0.4, 0.5) is 0 Å². The van der Waals surface area contributed by atoms with E-state index in [9.17, 15) is 9.59 Å². The highest BCUT2D eigenvalue weighted by molar-refractivity contribution is 6.53. The number of benzene rings is 1. The van der Waals surface area contributed by atoms with Crippen molar-refractivity contribution >= 4 is 35.1 Å². The molecule has 0 saturated heterocycles. The largest absolute Gasteiger partial charge is 0.422 e. The highest BCUT2D eigenvalue weighted by Crippen LogP contribution is 2.33. The smallest absolute Gasteiger partial charge is 0.344 e. The van der Waals surface area contributed by atoms with Gasteiger partial charge in [0.05, 0.1) is 5.92 Å². The van der Waals surface area contributed by atoms with Gasteiger partial charge in [0.25, 0.3) is 0 Å². The number of carbonyl (C=O) groups excluding carboxylic acids is 2. The van der Waals surface area contributed by atoms with Gasteiger partial charge in [0.2, 0.25) is 4.84 Å². The van der Waals surface area contributed by atoms with Crippen LogP contribution in [0.2, 0.25) is 0 Å². The maximum atomic E-state index is 11.5. The van der Waals surface area contributed by atoms with E-state index in [1.165, 1.54) is 6.07 Å². The zero-order chi connectivity index (χ0) is 13.1. The van der Waals surface area contributed by atoms with Gasteiger partial charge < -0.3 is 9.47 Å². The van der Waals surface area contributed by atoms with Crippen molar-refractivity contribution in [1.29, 1.82) is 0 Å². The molecule has 96 valence electrons. The average molecular weight is 289 g/mol. The molecule has 1 aliphatic rings. The second-order valence-corrected chi connectivity index (χ2v) is 4.96. The van der Waals surface area contributed by atoms with Crippen LogP contribution in [-0.2, 0) is 9.59 Å². The third kappa shape index (κ3) is 3.37. The fraction of sp³-hybridized carbons (Fsp3) is 0.333. The van der Waals surface area contributed by atoms with Crippen molar-refractivity contribution < 1.29 is 19.1 Å². The highest BCUT2D eigenvalue weighted by Gasteiger charge is 2.32. The Morgan fingerprint density at radius 2 is 1.67 bits per heavy atom. The standard InChI is InChI=1S/C12H10Cl2O4/c13-10(14)12(16)18-9-4-2-1-3-8(9)17-11(15)7-5-6-7/h1-4,7,10H,5-6H2. The lowest BCUT2D eigenvalue weighted by Crippen LogP contribution is -2.17. The number of hydrogen-bond acceptors (Lipinski definition) is 4. The summed E-state index contributed by atoms with van der Waals surface area (Å²) < 4.78 is 10.1. The number of para-hydroxylation sites is 2. The summed E-state index contributed by atoms with van der Waals surface area (Å²) >= 11 is 10.8. The van der Waals surface area contributed by atoms with Gasteiger partial charge in [-0.3, -0.25) is 4.79 Å². The van der Waals surface area contributed by atoms with Crippen molar-refractivity contribution in [2.75, 3.05) is 0 Å². The second kappa shape index (κ2) is 5.59. The molecule has 0 aromatic heterocycles. The second-order valence-electron chi connectivity index (χ2n) is 3.86. The van der Waals surface area contributed by atoms with Gasteiger partial charge in [0, 0.05) is 0 Å². The Morgan fingerprint density at radius 3 is 2.17 bits per heavy atom. The molecule has 4 nitrogen and oxygen atoms in total. The monoisotopic (exact) mass is 288 g/mol. The summed E-state index contributed by atoms with van der Waals surface area (Å²) in [5.41, 5.74) is 0. The number of hydrogen-bond donors (Lipinski definition) is 0. The van der Waals surface area contributed by atoms with Gasteiger partial charge in [-0.15, -0.1) is 0 Å². The maximum Gasteiger partial charge on any atom is 0.344 e. The van der Waals surface area contributed by atoms with Gasteiger partial charge in [-0.05, 0) is 25.0 Å². The molecular formula is C12H10Cl2O4. The van der Waals surface area contributed by atoms with E-state index in [4.69, 9.17) is 32.7 Å². The first-order chi connectivity index (χ1) is 8.58. The molecule has 1 aromatic carbocycles. The van der Waals surface area contributed by atoms with Gasteiger partial charge in [-0.25, -0.2) is 4.79 Å². The molecule has 0 amide bonds. The molecule has 0 heterocycles. The first kappa shape index (κ1) is 13.2. The summed E-state index contributed by atoms with van der Waals surface area (Å²) in [4.78, 5) is 21.5. The molecule has 0 radical (unpaired) electrons. The molecule has 1 saturated carbocycles. The molecule has 1 aromatic rings. The van der Waals surface area contributed by atoms with Crippen LogP contribution in [0.1, 0.15) is 12.8 Å². The number of halogens is 2. The topological polar surface area (TPSA) is 52.6 Å². The van der Waals surface area contributed by atoms with Crippen LogP contribution >= 0.6 is 23.2 Å². The summed E-state index contributed by atoms with van der Waals surface area (Å²) in [6.07, 6.45) is 1.68. The van der Waals surface area contributed by atoms with E-state index in [2.05, 4.69) is 0 Å². The molecule has 1 fully saturated rings. The van der Waals surface area contributed by atoms with Crippen molar-refractivity contribution in [2.45, 2.75) is 17.7 Å². The van der Waals surface area contributed by atoms with Gasteiger partial charge in [0.1, 0.15) is 0 Å². The van der Waals surface area contributed by atoms with Crippen molar-refractivity contribution in [3.8, 4) is 11.5 Å². The predicted molar refractivity (Wildman–Crippen MR) is 65.9 cm³/mol. The maximum absolute atomic E-state index is 11.5. The van der Waals surface area contributed by atoms with Gasteiger partial charge in [-0.2, -0.15) is 0 Å². The minimum absolute atomic E-state index is 0.0393. The molecular weight excluding hydrogens is 279 g/mol. The van der Waals surface area contributed by atoms with Gasteiger partial charge in [-0.1, -0.05) is 35.3 Å². The van der Waals surface area contributed by atoms with E-state index >= 15 is 0 Å². The fourth-order valence-electron chi connectivity index (χ4n) is 1.28. The van der Waals surface area contributed by atoms with Crippen LogP contribution in [0.3, 0.4) is 0 Å². The van der Waals surface area contributed by atoms with E-state index in [1.807, 2.05) is 0 Å². The first-order valence-corrected chi connectivity index (χ1v) is 6.26. The lowest BCUT2D eigenvalue weighted by molar-refractivity contribution is -0.137. The molecule has 6 heteroatoms. The van der Waals surface area contributed by atoms with Crippen molar-refractivity contribution in [1.82, 2.24) is 0 Å². The quantitative estimate of drug-likeness (QED) is 0.486. The summed E-state index contributed by atoms with van der Waals surface area (Å²) in [5, 5.41) is 0. The van der Waals surface area contributed by atoms with Crippen LogP contribution in [0.5, 0.6) is 11.5 Å².